The fourth-order valence-electron chi connectivity index (χ4n) is 1.48. The second-order valence-corrected chi connectivity index (χ2v) is 6.44. The zero-order valence-corrected chi connectivity index (χ0v) is 13.2. The van der Waals surface area contributed by atoms with Crippen molar-refractivity contribution in [3.63, 3.8) is 0 Å². The Hall–Kier alpha value is 0.260. The van der Waals surface area contributed by atoms with Crippen LogP contribution >= 0.6 is 23.5 Å². The molecule has 0 nitrogen and oxygen atoms in total. The summed E-state index contributed by atoms with van der Waals surface area (Å²) >= 11 is 3.95. The van der Waals surface area contributed by atoms with Crippen molar-refractivity contribution in [2.24, 2.45) is 0 Å². The van der Waals surface area contributed by atoms with Gasteiger partial charge in [-0.15, -0.1) is 23.5 Å². The van der Waals surface area contributed by atoms with E-state index in [0.717, 1.165) is 11.5 Å². The molecule has 0 saturated heterocycles. The lowest BCUT2D eigenvalue weighted by Gasteiger charge is -1.99. The second kappa shape index (κ2) is 16.3. The van der Waals surface area contributed by atoms with Crippen LogP contribution in [0, 0.1) is 11.8 Å². The third kappa shape index (κ3) is 16.3. The lowest BCUT2D eigenvalue weighted by Crippen LogP contribution is -1.84. The third-order valence-electron chi connectivity index (χ3n) is 2.46. The number of hydrogen-bond acceptors (Lipinski definition) is 2. The van der Waals surface area contributed by atoms with Crippen molar-refractivity contribution >= 4 is 23.5 Å². The number of rotatable bonds is 11. The van der Waals surface area contributed by atoms with Gasteiger partial charge in [-0.1, -0.05) is 57.8 Å². The molecule has 0 radical (unpaired) electrons. The highest BCUT2D eigenvalue weighted by Gasteiger charge is 1.90. The number of thioether (sulfide) groups is 2. The van der Waals surface area contributed by atoms with Gasteiger partial charge in [0.1, 0.15) is 0 Å². The Morgan fingerprint density at radius 3 is 1.88 bits per heavy atom. The van der Waals surface area contributed by atoms with E-state index in [9.17, 15) is 0 Å². The van der Waals surface area contributed by atoms with Gasteiger partial charge >= 0.3 is 0 Å². The monoisotopic (exact) mass is 272 g/mol. The molecule has 0 aromatic heterocycles. The van der Waals surface area contributed by atoms with Crippen LogP contribution in [0.3, 0.4) is 0 Å². The van der Waals surface area contributed by atoms with E-state index in [2.05, 4.69) is 25.7 Å². The zero-order chi connectivity index (χ0) is 12.6. The van der Waals surface area contributed by atoms with Crippen LogP contribution in [0.15, 0.2) is 0 Å². The van der Waals surface area contributed by atoms with Gasteiger partial charge in [-0.05, 0) is 24.3 Å². The predicted molar refractivity (Wildman–Crippen MR) is 86.1 cm³/mol. The van der Waals surface area contributed by atoms with Crippen LogP contribution in [0.2, 0.25) is 0 Å². The molecule has 0 heterocycles. The standard InChI is InChI=1S/C15H28S2/c1-3-5-6-7-8-9-13-17-15-11-10-14-16-12-4-2/h3-9,12-15H2,1-2H3. The predicted octanol–water partition coefficient (Wildman–Crippen LogP) is 5.23. The van der Waals surface area contributed by atoms with Crippen molar-refractivity contribution in [1.82, 2.24) is 0 Å². The molecule has 2 heteroatoms. The Morgan fingerprint density at radius 1 is 0.647 bits per heavy atom. The minimum Gasteiger partial charge on any atom is -0.149 e. The molecule has 0 atom stereocenters. The summed E-state index contributed by atoms with van der Waals surface area (Å²) in [5.41, 5.74) is 0. The van der Waals surface area contributed by atoms with E-state index in [1.54, 1.807) is 0 Å². The smallest absolute Gasteiger partial charge is 0.0547 e. The van der Waals surface area contributed by atoms with Gasteiger partial charge < -0.3 is 0 Å². The molecule has 0 amide bonds. The van der Waals surface area contributed by atoms with Gasteiger partial charge in [0.25, 0.3) is 0 Å². The Morgan fingerprint density at radius 2 is 1.24 bits per heavy atom. The van der Waals surface area contributed by atoms with E-state index in [0.29, 0.717) is 0 Å². The molecule has 0 aliphatic heterocycles. The highest BCUT2D eigenvalue weighted by atomic mass is 32.2. The van der Waals surface area contributed by atoms with Gasteiger partial charge in [-0.2, -0.15) is 0 Å². The summed E-state index contributed by atoms with van der Waals surface area (Å²) in [6, 6.07) is 0. The fraction of sp³-hybridized carbons (Fsp3) is 0.867. The normalized spacial score (nSPS) is 10.0. The zero-order valence-electron chi connectivity index (χ0n) is 11.6. The Bertz CT molecular complexity index is 191. The second-order valence-electron chi connectivity index (χ2n) is 4.23. The van der Waals surface area contributed by atoms with Gasteiger partial charge in [0, 0.05) is 0 Å². The largest absolute Gasteiger partial charge is 0.149 e. The lowest BCUT2D eigenvalue weighted by atomic mass is 10.1. The molecule has 0 N–H and O–H groups in total. The maximum Gasteiger partial charge on any atom is 0.0547 e. The van der Waals surface area contributed by atoms with Gasteiger partial charge in [-0.25, -0.2) is 0 Å². The molecule has 100 valence electrons. The van der Waals surface area contributed by atoms with Crippen molar-refractivity contribution in [3.05, 3.63) is 0 Å². The van der Waals surface area contributed by atoms with Crippen molar-refractivity contribution in [2.75, 3.05) is 23.0 Å². The van der Waals surface area contributed by atoms with Gasteiger partial charge in [0.15, 0.2) is 0 Å². The average Bonchev–Trinajstić information content (AvgIpc) is 2.35. The summed E-state index contributed by atoms with van der Waals surface area (Å²) in [5, 5.41) is 0. The first-order valence-electron chi connectivity index (χ1n) is 7.03. The minimum absolute atomic E-state index is 1.02. The molecule has 0 saturated carbocycles. The highest BCUT2D eigenvalue weighted by molar-refractivity contribution is 7.99. The summed E-state index contributed by atoms with van der Waals surface area (Å²) in [6.45, 7) is 4.49. The summed E-state index contributed by atoms with van der Waals surface area (Å²) in [4.78, 5) is 0. The molecular weight excluding hydrogens is 244 g/mol. The average molecular weight is 273 g/mol. The first-order valence-corrected chi connectivity index (χ1v) is 9.34. The Balaban J connectivity index is 3.02. The fourth-order valence-corrected chi connectivity index (χ4v) is 2.87. The van der Waals surface area contributed by atoms with Crippen LogP contribution in [-0.2, 0) is 0 Å². The molecule has 0 spiro atoms. The Kier molecular flexibility index (Phi) is 16.5. The van der Waals surface area contributed by atoms with Crippen molar-refractivity contribution in [1.29, 1.82) is 0 Å². The molecule has 0 aliphatic rings. The molecule has 17 heavy (non-hydrogen) atoms. The van der Waals surface area contributed by atoms with E-state index in [-0.39, 0.29) is 0 Å². The van der Waals surface area contributed by atoms with Gasteiger partial charge in [0.2, 0.25) is 0 Å². The van der Waals surface area contributed by atoms with Crippen LogP contribution in [0.5, 0.6) is 0 Å². The lowest BCUT2D eigenvalue weighted by molar-refractivity contribution is 0.627. The van der Waals surface area contributed by atoms with Crippen molar-refractivity contribution in [3.8, 4) is 11.8 Å². The molecule has 0 rings (SSSR count). The summed E-state index contributed by atoms with van der Waals surface area (Å²) < 4.78 is 0. The molecule has 0 unspecified atom stereocenters. The molecule has 0 aromatic rings. The van der Waals surface area contributed by atoms with E-state index < -0.39 is 0 Å². The molecule has 0 fully saturated rings. The summed E-state index contributed by atoms with van der Waals surface area (Å²) in [7, 11) is 0. The van der Waals surface area contributed by atoms with E-state index in [4.69, 9.17) is 0 Å². The number of hydrogen-bond donors (Lipinski definition) is 0. The van der Waals surface area contributed by atoms with Crippen LogP contribution in [0.1, 0.15) is 58.8 Å². The third-order valence-corrected chi connectivity index (χ3v) is 4.44. The van der Waals surface area contributed by atoms with Crippen LogP contribution < -0.4 is 0 Å². The molecule has 0 aromatic carbocycles. The Labute approximate surface area is 117 Å². The highest BCUT2D eigenvalue weighted by Crippen LogP contribution is 2.09. The first-order chi connectivity index (χ1) is 8.41. The van der Waals surface area contributed by atoms with Gasteiger partial charge in [-0.3, -0.25) is 0 Å². The quantitative estimate of drug-likeness (QED) is 0.373. The van der Waals surface area contributed by atoms with Crippen molar-refractivity contribution < 1.29 is 0 Å². The maximum atomic E-state index is 3.25. The molecular formula is C15H28S2. The van der Waals surface area contributed by atoms with Crippen LogP contribution in [0.25, 0.3) is 0 Å². The van der Waals surface area contributed by atoms with E-state index in [1.807, 2.05) is 23.5 Å². The van der Waals surface area contributed by atoms with E-state index in [1.165, 1.54) is 56.5 Å². The summed E-state index contributed by atoms with van der Waals surface area (Å²) in [6.07, 6.45) is 9.66. The molecule has 0 bridgehead atoms. The molecule has 0 aliphatic carbocycles. The van der Waals surface area contributed by atoms with E-state index >= 15 is 0 Å². The van der Waals surface area contributed by atoms with Crippen molar-refractivity contribution in [2.45, 2.75) is 58.8 Å². The summed E-state index contributed by atoms with van der Waals surface area (Å²) in [5.74, 6) is 11.1. The van der Waals surface area contributed by atoms with Gasteiger partial charge in [0.05, 0.1) is 11.5 Å². The topological polar surface area (TPSA) is 0 Å². The number of unbranched alkanes of at least 4 members (excludes halogenated alkanes) is 5. The van der Waals surface area contributed by atoms with Crippen LogP contribution in [-0.4, -0.2) is 23.0 Å². The maximum absolute atomic E-state index is 3.25. The SMILES string of the molecule is CCCCCCCCSCC#CCSCCC. The first kappa shape index (κ1) is 17.3. The van der Waals surface area contributed by atoms with Crippen LogP contribution in [0.4, 0.5) is 0 Å². The minimum atomic E-state index is 1.02.